The smallest absolute Gasteiger partial charge is 0.254 e. The van der Waals surface area contributed by atoms with E-state index < -0.39 is 17.3 Å². The summed E-state index contributed by atoms with van der Waals surface area (Å²) in [7, 11) is 4.52. The van der Waals surface area contributed by atoms with Gasteiger partial charge in [0.25, 0.3) is 5.91 Å². The molecule has 2 aliphatic rings. The summed E-state index contributed by atoms with van der Waals surface area (Å²) in [5, 5.41) is 21.1. The SMILES string of the molecule is COc1cc(C(=O)N2CCC3(CC2)OCC[C@@](C)(O)[C@@H]3O)cc(OC)c1OC. The number of benzene rings is 1. The number of aliphatic hydroxyl groups is 2. The number of hydrogen-bond acceptors (Lipinski definition) is 7. The highest BCUT2D eigenvalue weighted by molar-refractivity contribution is 5.95. The first-order chi connectivity index (χ1) is 13.3. The normalized spacial score (nSPS) is 26.8. The van der Waals surface area contributed by atoms with E-state index in [-0.39, 0.29) is 5.91 Å². The number of rotatable bonds is 4. The molecule has 8 nitrogen and oxygen atoms in total. The van der Waals surface area contributed by atoms with Crippen molar-refractivity contribution < 1.29 is 34.0 Å². The van der Waals surface area contributed by atoms with Gasteiger partial charge in [0, 0.05) is 25.1 Å². The lowest BCUT2D eigenvalue weighted by Crippen LogP contribution is -2.64. The molecule has 2 heterocycles. The lowest BCUT2D eigenvalue weighted by molar-refractivity contribution is -0.244. The van der Waals surface area contributed by atoms with E-state index >= 15 is 0 Å². The number of carbonyl (C=O) groups is 1. The molecule has 2 saturated heterocycles. The second-order valence-electron chi connectivity index (χ2n) is 7.63. The first-order valence-electron chi connectivity index (χ1n) is 9.41. The van der Waals surface area contributed by atoms with Gasteiger partial charge in [-0.1, -0.05) is 0 Å². The summed E-state index contributed by atoms with van der Waals surface area (Å²) in [4.78, 5) is 14.8. The number of hydrogen-bond donors (Lipinski definition) is 2. The molecule has 8 heteroatoms. The van der Waals surface area contributed by atoms with Crippen LogP contribution in [0.25, 0.3) is 0 Å². The van der Waals surface area contributed by atoms with Gasteiger partial charge < -0.3 is 34.1 Å². The average Bonchev–Trinajstić information content (AvgIpc) is 2.70. The van der Waals surface area contributed by atoms with Crippen molar-refractivity contribution in [1.82, 2.24) is 4.90 Å². The molecule has 0 aliphatic carbocycles. The maximum absolute atomic E-state index is 13.0. The molecule has 156 valence electrons. The van der Waals surface area contributed by atoms with Gasteiger partial charge in [-0.25, -0.2) is 0 Å². The van der Waals surface area contributed by atoms with Gasteiger partial charge in [-0.2, -0.15) is 0 Å². The van der Waals surface area contributed by atoms with Crippen molar-refractivity contribution in [2.24, 2.45) is 0 Å². The molecule has 2 aliphatic heterocycles. The zero-order valence-electron chi connectivity index (χ0n) is 16.9. The number of nitrogens with zero attached hydrogens (tertiary/aromatic N) is 1. The predicted molar refractivity (Wildman–Crippen MR) is 101 cm³/mol. The predicted octanol–water partition coefficient (Wildman–Crippen LogP) is 1.22. The van der Waals surface area contributed by atoms with Gasteiger partial charge in [0.15, 0.2) is 11.5 Å². The number of aliphatic hydroxyl groups excluding tert-OH is 1. The fraction of sp³-hybridized carbons (Fsp3) is 0.650. The third-order valence-corrected chi connectivity index (χ3v) is 5.89. The number of amides is 1. The van der Waals surface area contributed by atoms with Crippen LogP contribution in [0.4, 0.5) is 0 Å². The highest BCUT2D eigenvalue weighted by Gasteiger charge is 2.52. The summed E-state index contributed by atoms with van der Waals surface area (Å²) in [6.07, 6.45) is 0.331. The van der Waals surface area contributed by atoms with Crippen molar-refractivity contribution in [3.05, 3.63) is 17.7 Å². The first-order valence-corrected chi connectivity index (χ1v) is 9.41. The highest BCUT2D eigenvalue weighted by atomic mass is 16.5. The van der Waals surface area contributed by atoms with Crippen LogP contribution in [0, 0.1) is 0 Å². The molecule has 0 aromatic heterocycles. The van der Waals surface area contributed by atoms with Gasteiger partial charge in [0.1, 0.15) is 11.7 Å². The number of likely N-dealkylation sites (tertiary alicyclic amines) is 1. The maximum Gasteiger partial charge on any atom is 0.254 e. The van der Waals surface area contributed by atoms with Crippen molar-refractivity contribution in [3.63, 3.8) is 0 Å². The molecule has 2 atom stereocenters. The van der Waals surface area contributed by atoms with E-state index in [1.807, 2.05) is 0 Å². The molecular formula is C20H29NO7. The number of piperidine rings is 1. The van der Waals surface area contributed by atoms with Crippen LogP contribution in [0.2, 0.25) is 0 Å². The molecule has 0 saturated carbocycles. The van der Waals surface area contributed by atoms with E-state index in [9.17, 15) is 15.0 Å². The van der Waals surface area contributed by atoms with Crippen molar-refractivity contribution in [2.75, 3.05) is 41.0 Å². The molecule has 28 heavy (non-hydrogen) atoms. The Kier molecular flexibility index (Phi) is 5.74. The van der Waals surface area contributed by atoms with Crippen molar-refractivity contribution in [2.45, 2.75) is 43.5 Å². The second-order valence-corrected chi connectivity index (χ2v) is 7.63. The van der Waals surface area contributed by atoms with Gasteiger partial charge in [-0.05, 0) is 31.9 Å². The molecule has 1 spiro atoms. The van der Waals surface area contributed by atoms with Crippen LogP contribution < -0.4 is 14.2 Å². The summed E-state index contributed by atoms with van der Waals surface area (Å²) in [5.41, 5.74) is -1.56. The minimum Gasteiger partial charge on any atom is -0.493 e. The third kappa shape index (κ3) is 3.52. The van der Waals surface area contributed by atoms with E-state index in [4.69, 9.17) is 18.9 Å². The van der Waals surface area contributed by atoms with Crippen LogP contribution in [0.15, 0.2) is 12.1 Å². The van der Waals surface area contributed by atoms with Crippen molar-refractivity contribution in [1.29, 1.82) is 0 Å². The first kappa shape index (κ1) is 20.7. The van der Waals surface area contributed by atoms with Gasteiger partial charge in [-0.3, -0.25) is 4.79 Å². The van der Waals surface area contributed by atoms with Crippen LogP contribution in [0.3, 0.4) is 0 Å². The molecule has 1 amide bonds. The van der Waals surface area contributed by atoms with Gasteiger partial charge in [0.05, 0.1) is 33.5 Å². The van der Waals surface area contributed by atoms with Gasteiger partial charge in [0.2, 0.25) is 5.75 Å². The summed E-state index contributed by atoms with van der Waals surface area (Å²) in [5.74, 6) is 1.10. The molecule has 1 aromatic carbocycles. The fourth-order valence-electron chi connectivity index (χ4n) is 4.14. The minimum atomic E-state index is -1.18. The van der Waals surface area contributed by atoms with E-state index in [1.165, 1.54) is 21.3 Å². The number of ether oxygens (including phenoxy) is 4. The fourth-order valence-corrected chi connectivity index (χ4v) is 4.14. The molecule has 0 radical (unpaired) electrons. The van der Waals surface area contributed by atoms with Crippen molar-refractivity contribution in [3.8, 4) is 17.2 Å². The summed E-state index contributed by atoms with van der Waals surface area (Å²) in [6, 6.07) is 3.26. The Labute approximate surface area is 164 Å². The van der Waals surface area contributed by atoms with Crippen LogP contribution in [0.5, 0.6) is 17.2 Å². The Balaban J connectivity index is 1.77. The summed E-state index contributed by atoms with van der Waals surface area (Å²) in [6.45, 7) is 2.87. The molecular weight excluding hydrogens is 366 g/mol. The largest absolute Gasteiger partial charge is 0.493 e. The zero-order chi connectivity index (χ0) is 20.5. The Hall–Kier alpha value is -2.03. The molecule has 3 rings (SSSR count). The standard InChI is InChI=1S/C20H29NO7/c1-19(24)7-10-28-20(18(19)23)5-8-21(9-6-20)17(22)13-11-14(25-2)16(27-4)15(12-13)26-3/h11-12,18,23-24H,5-10H2,1-4H3/t18-,19+/m0/s1. The topological polar surface area (TPSA) is 97.7 Å². The molecule has 0 unspecified atom stereocenters. The zero-order valence-corrected chi connectivity index (χ0v) is 16.9. The molecule has 0 bridgehead atoms. The number of methoxy groups -OCH3 is 3. The highest BCUT2D eigenvalue weighted by Crippen LogP contribution is 2.41. The number of carbonyl (C=O) groups excluding carboxylic acids is 1. The van der Waals surface area contributed by atoms with E-state index in [2.05, 4.69) is 0 Å². The van der Waals surface area contributed by atoms with Gasteiger partial charge in [-0.15, -0.1) is 0 Å². The third-order valence-electron chi connectivity index (χ3n) is 5.89. The maximum atomic E-state index is 13.0. The van der Waals surface area contributed by atoms with Crippen molar-refractivity contribution >= 4 is 5.91 Å². The Morgan fingerprint density at radius 1 is 1.11 bits per heavy atom. The molecule has 1 aromatic rings. The average molecular weight is 395 g/mol. The monoisotopic (exact) mass is 395 g/mol. The van der Waals surface area contributed by atoms with E-state index in [0.717, 1.165) is 0 Å². The van der Waals surface area contributed by atoms with E-state index in [1.54, 1.807) is 24.0 Å². The Morgan fingerprint density at radius 3 is 2.18 bits per heavy atom. The lowest BCUT2D eigenvalue weighted by Gasteiger charge is -2.51. The quantitative estimate of drug-likeness (QED) is 0.791. The summed E-state index contributed by atoms with van der Waals surface area (Å²) >= 11 is 0. The summed E-state index contributed by atoms with van der Waals surface area (Å²) < 4.78 is 21.8. The van der Waals surface area contributed by atoms with Gasteiger partial charge >= 0.3 is 0 Å². The Morgan fingerprint density at radius 2 is 1.68 bits per heavy atom. The van der Waals surface area contributed by atoms with E-state index in [0.29, 0.717) is 61.8 Å². The minimum absolute atomic E-state index is 0.161. The van der Waals surface area contributed by atoms with Crippen LogP contribution in [-0.2, 0) is 4.74 Å². The van der Waals surface area contributed by atoms with Crippen LogP contribution in [-0.4, -0.2) is 79.4 Å². The second kappa shape index (κ2) is 7.77. The Bertz CT molecular complexity index is 700. The lowest BCUT2D eigenvalue weighted by atomic mass is 9.75. The molecule has 2 N–H and O–H groups in total. The molecule has 2 fully saturated rings. The van der Waals surface area contributed by atoms with Crippen LogP contribution in [0.1, 0.15) is 36.5 Å². The van der Waals surface area contributed by atoms with Crippen LogP contribution >= 0.6 is 0 Å².